The van der Waals surface area contributed by atoms with E-state index in [9.17, 15) is 4.79 Å². The first kappa shape index (κ1) is 12.2. The SMILES string of the molecule is C=COC(C)=O.COC(=O)O. The van der Waals surface area contributed by atoms with Crippen LogP contribution in [0.4, 0.5) is 4.79 Å². The molecule has 0 fully saturated rings. The first-order valence-corrected chi connectivity index (χ1v) is 2.59. The second kappa shape index (κ2) is 8.48. The largest absolute Gasteiger partial charge is 0.505 e. The number of hydrogen-bond acceptors (Lipinski definition) is 4. The fourth-order valence-corrected chi connectivity index (χ4v) is 0.117. The first-order valence-electron chi connectivity index (χ1n) is 2.59. The van der Waals surface area contributed by atoms with Crippen molar-refractivity contribution in [2.24, 2.45) is 0 Å². The standard InChI is InChI=1S/C4H6O2.C2H4O3/c1-3-6-4(2)5;1-5-2(3)4/h3H,1H2,2H3;1H3,(H,3,4). The summed E-state index contributed by atoms with van der Waals surface area (Å²) >= 11 is 0. The third kappa shape index (κ3) is 29.4. The van der Waals surface area contributed by atoms with Crippen LogP contribution in [0.25, 0.3) is 0 Å². The van der Waals surface area contributed by atoms with Crippen LogP contribution < -0.4 is 0 Å². The molecule has 0 saturated heterocycles. The second-order valence-corrected chi connectivity index (χ2v) is 1.25. The van der Waals surface area contributed by atoms with Crippen molar-refractivity contribution >= 4 is 12.1 Å². The number of methoxy groups -OCH3 is 1. The predicted molar refractivity (Wildman–Crippen MR) is 37.0 cm³/mol. The van der Waals surface area contributed by atoms with Crippen LogP contribution in [0, 0.1) is 0 Å². The highest BCUT2D eigenvalue weighted by molar-refractivity contribution is 5.66. The van der Waals surface area contributed by atoms with Gasteiger partial charge in [-0.1, -0.05) is 6.58 Å². The van der Waals surface area contributed by atoms with Crippen molar-refractivity contribution in [1.29, 1.82) is 0 Å². The smallest absolute Gasteiger partial charge is 0.450 e. The summed E-state index contributed by atoms with van der Waals surface area (Å²) < 4.78 is 7.83. The van der Waals surface area contributed by atoms with E-state index in [4.69, 9.17) is 9.90 Å². The van der Waals surface area contributed by atoms with E-state index in [1.165, 1.54) is 6.92 Å². The lowest BCUT2D eigenvalue weighted by atomic mass is 10.8. The fourth-order valence-electron chi connectivity index (χ4n) is 0.117. The molecule has 0 aromatic heterocycles. The quantitative estimate of drug-likeness (QED) is 0.460. The van der Waals surface area contributed by atoms with Gasteiger partial charge in [0.15, 0.2) is 0 Å². The van der Waals surface area contributed by atoms with Gasteiger partial charge in [0.1, 0.15) is 0 Å². The minimum atomic E-state index is -1.25. The molecular weight excluding hydrogens is 152 g/mol. The monoisotopic (exact) mass is 162 g/mol. The van der Waals surface area contributed by atoms with Crippen molar-refractivity contribution in [3.63, 3.8) is 0 Å². The Bertz CT molecular complexity index is 140. The van der Waals surface area contributed by atoms with E-state index in [1.807, 2.05) is 0 Å². The zero-order valence-electron chi connectivity index (χ0n) is 6.36. The molecule has 0 aromatic rings. The van der Waals surface area contributed by atoms with Crippen LogP contribution in [0.15, 0.2) is 12.8 Å². The Morgan fingerprint density at radius 3 is 1.91 bits per heavy atom. The summed E-state index contributed by atoms with van der Waals surface area (Å²) in [6.07, 6.45) is -0.146. The highest BCUT2D eigenvalue weighted by atomic mass is 16.6. The molecule has 0 aliphatic heterocycles. The summed E-state index contributed by atoms with van der Waals surface area (Å²) in [4.78, 5) is 18.9. The van der Waals surface area contributed by atoms with Gasteiger partial charge >= 0.3 is 12.1 Å². The molecule has 0 saturated carbocycles. The molecule has 5 nitrogen and oxygen atoms in total. The van der Waals surface area contributed by atoms with Crippen molar-refractivity contribution in [2.45, 2.75) is 6.92 Å². The van der Waals surface area contributed by atoms with E-state index in [0.29, 0.717) is 0 Å². The lowest BCUT2D eigenvalue weighted by Gasteiger charge is -1.83. The number of carbonyl (C=O) groups excluding carboxylic acids is 1. The maximum atomic E-state index is 9.75. The molecule has 0 aromatic carbocycles. The molecule has 64 valence electrons. The van der Waals surface area contributed by atoms with Gasteiger partial charge in [-0.3, -0.25) is 4.79 Å². The Morgan fingerprint density at radius 2 is 1.91 bits per heavy atom. The topological polar surface area (TPSA) is 72.8 Å². The molecule has 0 rings (SSSR count). The molecule has 0 spiro atoms. The number of rotatable bonds is 1. The van der Waals surface area contributed by atoms with Crippen molar-refractivity contribution in [3.8, 4) is 0 Å². The maximum absolute atomic E-state index is 9.75. The highest BCUT2D eigenvalue weighted by Gasteiger charge is 1.80. The van der Waals surface area contributed by atoms with Crippen molar-refractivity contribution < 1.29 is 24.2 Å². The van der Waals surface area contributed by atoms with Crippen LogP contribution in [-0.2, 0) is 14.3 Å². The van der Waals surface area contributed by atoms with Gasteiger partial charge in [-0.15, -0.1) is 0 Å². The number of ether oxygens (including phenoxy) is 2. The van der Waals surface area contributed by atoms with Crippen LogP contribution in [0.1, 0.15) is 6.92 Å². The Balaban J connectivity index is 0. The molecule has 1 N–H and O–H groups in total. The molecule has 0 aliphatic rings. The molecule has 0 bridgehead atoms. The van der Waals surface area contributed by atoms with Gasteiger partial charge in [0.25, 0.3) is 0 Å². The Hall–Kier alpha value is -1.52. The second-order valence-electron chi connectivity index (χ2n) is 1.25. The van der Waals surface area contributed by atoms with E-state index in [1.54, 1.807) is 0 Å². The summed E-state index contributed by atoms with van der Waals surface area (Å²) in [6.45, 7) is 4.48. The molecule has 0 unspecified atom stereocenters. The number of carboxylic acid groups (broad SMARTS) is 1. The van der Waals surface area contributed by atoms with E-state index < -0.39 is 6.16 Å². The minimum Gasteiger partial charge on any atom is -0.450 e. The lowest BCUT2D eigenvalue weighted by Crippen LogP contribution is -1.91. The van der Waals surface area contributed by atoms with Gasteiger partial charge < -0.3 is 14.6 Å². The fraction of sp³-hybridized carbons (Fsp3) is 0.333. The third-order valence-corrected chi connectivity index (χ3v) is 0.424. The Morgan fingerprint density at radius 1 is 1.55 bits per heavy atom. The summed E-state index contributed by atoms with van der Waals surface area (Å²) in [5, 5.41) is 7.50. The molecule has 0 atom stereocenters. The summed E-state index contributed by atoms with van der Waals surface area (Å²) in [7, 11) is 1.10. The van der Waals surface area contributed by atoms with Gasteiger partial charge in [-0.2, -0.15) is 0 Å². The molecule has 0 radical (unpaired) electrons. The molecule has 0 amide bonds. The normalized spacial score (nSPS) is 6.73. The van der Waals surface area contributed by atoms with Crippen molar-refractivity contribution in [2.75, 3.05) is 7.11 Å². The van der Waals surface area contributed by atoms with Crippen molar-refractivity contribution in [3.05, 3.63) is 12.8 Å². The van der Waals surface area contributed by atoms with Crippen LogP contribution in [-0.4, -0.2) is 24.3 Å². The van der Waals surface area contributed by atoms with Gasteiger partial charge in [-0.25, -0.2) is 4.79 Å². The number of hydrogen-bond donors (Lipinski definition) is 1. The maximum Gasteiger partial charge on any atom is 0.505 e. The van der Waals surface area contributed by atoms with Crippen molar-refractivity contribution in [1.82, 2.24) is 0 Å². The molecule has 11 heavy (non-hydrogen) atoms. The van der Waals surface area contributed by atoms with Crippen LogP contribution in [0.3, 0.4) is 0 Å². The summed E-state index contributed by atoms with van der Waals surface area (Å²) in [5.74, 6) is -0.329. The van der Waals surface area contributed by atoms with Crippen LogP contribution in [0.2, 0.25) is 0 Å². The van der Waals surface area contributed by atoms with Gasteiger partial charge in [0.05, 0.1) is 13.4 Å². The average Bonchev–Trinajstić information content (AvgIpc) is 1.89. The Kier molecular flexibility index (Phi) is 9.39. The molecule has 0 aliphatic carbocycles. The van der Waals surface area contributed by atoms with E-state index in [2.05, 4.69) is 16.1 Å². The van der Waals surface area contributed by atoms with E-state index in [-0.39, 0.29) is 5.97 Å². The molecule has 0 heterocycles. The Labute approximate surface area is 64.2 Å². The van der Waals surface area contributed by atoms with Gasteiger partial charge in [0.2, 0.25) is 0 Å². The number of esters is 1. The summed E-state index contributed by atoms with van der Waals surface area (Å²) in [6, 6.07) is 0. The van der Waals surface area contributed by atoms with E-state index >= 15 is 0 Å². The van der Waals surface area contributed by atoms with Crippen LogP contribution >= 0.6 is 0 Å². The minimum absolute atomic E-state index is 0.329. The highest BCUT2D eigenvalue weighted by Crippen LogP contribution is 1.70. The zero-order chi connectivity index (χ0) is 9.28. The average molecular weight is 162 g/mol. The predicted octanol–water partition coefficient (Wildman–Crippen LogP) is 1.00. The van der Waals surface area contributed by atoms with Gasteiger partial charge in [-0.05, 0) is 0 Å². The zero-order valence-corrected chi connectivity index (χ0v) is 6.36. The molecular formula is C6H10O5. The van der Waals surface area contributed by atoms with Gasteiger partial charge in [0, 0.05) is 6.92 Å². The third-order valence-electron chi connectivity index (χ3n) is 0.424. The first-order chi connectivity index (χ1) is 5.04. The van der Waals surface area contributed by atoms with E-state index in [0.717, 1.165) is 13.4 Å². The molecule has 5 heteroatoms. The van der Waals surface area contributed by atoms with Crippen LogP contribution in [0.5, 0.6) is 0 Å². The lowest BCUT2D eigenvalue weighted by molar-refractivity contribution is -0.135. The summed E-state index contributed by atoms with van der Waals surface area (Å²) in [5.41, 5.74) is 0. The number of carbonyl (C=O) groups is 2.